The molecule has 0 aliphatic carbocycles. The third-order valence-corrected chi connectivity index (χ3v) is 5.90. The van der Waals surface area contributed by atoms with Crippen LogP contribution in [0.5, 0.6) is 5.75 Å². The zero-order valence-electron chi connectivity index (χ0n) is 12.4. The number of rotatable bonds is 2. The molecule has 0 amide bonds. The molecule has 23 heavy (non-hydrogen) atoms. The van der Waals surface area contributed by atoms with Crippen LogP contribution in [-0.2, 0) is 21.2 Å². The van der Waals surface area contributed by atoms with Gasteiger partial charge < -0.3 is 13.7 Å². The number of pyridine rings is 1. The zero-order chi connectivity index (χ0) is 15.9. The summed E-state index contributed by atoms with van der Waals surface area (Å²) in [4.78, 5) is 6.20. The first-order valence-electron chi connectivity index (χ1n) is 7.41. The van der Waals surface area contributed by atoms with Gasteiger partial charge in [0, 0.05) is 37.5 Å². The Morgan fingerprint density at radius 3 is 3.22 bits per heavy atom. The number of nitrogens with zero attached hydrogens (tertiary/aromatic N) is 2. The summed E-state index contributed by atoms with van der Waals surface area (Å²) in [7, 11) is -3.64. The molecule has 4 rings (SSSR count). The summed E-state index contributed by atoms with van der Waals surface area (Å²) in [5, 5.41) is 0. The smallest absolute Gasteiger partial charge is 0.235 e. The number of aromatic nitrogens is 1. The first-order valence-corrected chi connectivity index (χ1v) is 8.89. The second kappa shape index (κ2) is 5.41. The van der Waals surface area contributed by atoms with Crippen molar-refractivity contribution in [2.45, 2.75) is 23.4 Å². The molecule has 122 valence electrons. The Morgan fingerprint density at radius 1 is 1.48 bits per heavy atom. The fourth-order valence-electron chi connectivity index (χ4n) is 3.21. The molecule has 1 N–H and O–H groups in total. The van der Waals surface area contributed by atoms with E-state index in [1.165, 1.54) is 12.4 Å². The van der Waals surface area contributed by atoms with Gasteiger partial charge in [0.2, 0.25) is 4.90 Å². The molecule has 1 fully saturated rings. The van der Waals surface area contributed by atoms with E-state index in [9.17, 15) is 8.76 Å². The average molecular weight is 335 g/mol. The topological polar surface area (TPSA) is 90.7 Å². The average Bonchev–Trinajstić information content (AvgIpc) is 3.14. The van der Waals surface area contributed by atoms with E-state index in [2.05, 4.69) is 14.6 Å². The summed E-state index contributed by atoms with van der Waals surface area (Å²) in [6.45, 7) is 2.43. The van der Waals surface area contributed by atoms with E-state index in [1.54, 1.807) is 18.6 Å². The van der Waals surface area contributed by atoms with E-state index in [-0.39, 0.29) is 4.90 Å². The van der Waals surface area contributed by atoms with Gasteiger partial charge in [-0.15, -0.1) is 4.72 Å². The van der Waals surface area contributed by atoms with Crippen molar-refractivity contribution < 1.29 is 17.9 Å². The number of hydrogen-bond donors (Lipinski definition) is 1. The minimum absolute atomic E-state index is 0.102. The lowest BCUT2D eigenvalue weighted by atomic mass is 10.0. The summed E-state index contributed by atoms with van der Waals surface area (Å²) in [5.74, 6) is 0.359. The Balaban J connectivity index is 1.56. The van der Waals surface area contributed by atoms with Crippen LogP contribution in [0.25, 0.3) is 0 Å². The summed E-state index contributed by atoms with van der Waals surface area (Å²) < 4.78 is 38.9. The molecule has 2 aromatic rings. The van der Waals surface area contributed by atoms with Crippen LogP contribution in [0.3, 0.4) is 0 Å². The molecule has 7 nitrogen and oxygen atoms in total. The molecule has 1 saturated heterocycles. The SMILES string of the molecule is O=[S+]1([O-])NC2(CCN(Cc3ccoc3)C2)COc2ccncc21. The third kappa shape index (κ3) is 2.78. The zero-order valence-corrected chi connectivity index (χ0v) is 13.3. The van der Waals surface area contributed by atoms with E-state index in [4.69, 9.17) is 9.15 Å². The molecular weight excluding hydrogens is 318 g/mol. The fraction of sp³-hybridized carbons (Fsp3) is 0.400. The largest absolute Gasteiger partial charge is 0.593 e. The van der Waals surface area contributed by atoms with Gasteiger partial charge in [-0.2, -0.15) is 0 Å². The highest BCUT2D eigenvalue weighted by Crippen LogP contribution is 2.34. The van der Waals surface area contributed by atoms with Crippen molar-refractivity contribution in [2.24, 2.45) is 0 Å². The fourth-order valence-corrected chi connectivity index (χ4v) is 4.71. The molecule has 0 bridgehead atoms. The summed E-state index contributed by atoms with van der Waals surface area (Å²) >= 11 is 0. The van der Waals surface area contributed by atoms with Crippen molar-refractivity contribution >= 4 is 10.4 Å². The number of likely N-dealkylation sites (tertiary alicyclic amines) is 1. The van der Waals surface area contributed by atoms with E-state index in [0.29, 0.717) is 25.3 Å². The molecule has 4 heterocycles. The van der Waals surface area contributed by atoms with Gasteiger partial charge in [0.25, 0.3) is 0 Å². The lowest BCUT2D eigenvalue weighted by molar-refractivity contribution is 0.197. The van der Waals surface area contributed by atoms with E-state index in [1.807, 2.05) is 6.07 Å². The number of hydrogen-bond acceptors (Lipinski definition) is 6. The molecule has 2 unspecified atom stereocenters. The highest BCUT2D eigenvalue weighted by Gasteiger charge is 2.48. The Labute approximate surface area is 135 Å². The van der Waals surface area contributed by atoms with Gasteiger partial charge in [0.15, 0.2) is 16.1 Å². The van der Waals surface area contributed by atoms with Crippen molar-refractivity contribution in [2.75, 3.05) is 19.7 Å². The van der Waals surface area contributed by atoms with E-state index < -0.39 is 15.9 Å². The molecule has 0 aromatic carbocycles. The van der Waals surface area contributed by atoms with Gasteiger partial charge >= 0.3 is 0 Å². The van der Waals surface area contributed by atoms with Crippen molar-refractivity contribution in [3.05, 3.63) is 42.6 Å². The number of sulfonamides is 1. The van der Waals surface area contributed by atoms with Crippen LogP contribution in [0, 0.1) is 0 Å². The van der Waals surface area contributed by atoms with Gasteiger partial charge in [-0.1, -0.05) is 4.21 Å². The maximum Gasteiger partial charge on any atom is 0.235 e. The number of nitrogens with one attached hydrogen (secondary N) is 1. The molecule has 1 spiro atoms. The van der Waals surface area contributed by atoms with Gasteiger partial charge in [-0.25, -0.2) is 0 Å². The molecule has 2 aliphatic heterocycles. The molecule has 2 aliphatic rings. The second-order valence-electron chi connectivity index (χ2n) is 6.09. The molecule has 0 radical (unpaired) electrons. The highest BCUT2D eigenvalue weighted by molar-refractivity contribution is 7.96. The van der Waals surface area contributed by atoms with Crippen molar-refractivity contribution in [3.63, 3.8) is 0 Å². The third-order valence-electron chi connectivity index (χ3n) is 4.31. The van der Waals surface area contributed by atoms with Crippen LogP contribution in [0.15, 0.2) is 46.4 Å². The predicted molar refractivity (Wildman–Crippen MR) is 81.3 cm³/mol. The first kappa shape index (κ1) is 14.8. The van der Waals surface area contributed by atoms with Crippen LogP contribution in [0.2, 0.25) is 0 Å². The van der Waals surface area contributed by atoms with E-state index in [0.717, 1.165) is 18.7 Å². The lowest BCUT2D eigenvalue weighted by Gasteiger charge is -2.28. The predicted octanol–water partition coefficient (Wildman–Crippen LogP) is 1.21. The maximum atomic E-state index is 12.6. The molecule has 8 heteroatoms. The van der Waals surface area contributed by atoms with Gasteiger partial charge in [0.05, 0.1) is 18.7 Å². The van der Waals surface area contributed by atoms with E-state index >= 15 is 0 Å². The van der Waals surface area contributed by atoms with Crippen LogP contribution < -0.4 is 9.46 Å². The summed E-state index contributed by atoms with van der Waals surface area (Å²) in [6, 6.07) is 3.51. The van der Waals surface area contributed by atoms with Crippen molar-refractivity contribution in [1.82, 2.24) is 14.6 Å². The number of fused-ring (bicyclic) bond motifs is 1. The van der Waals surface area contributed by atoms with Gasteiger partial charge in [-0.3, -0.25) is 9.88 Å². The summed E-state index contributed by atoms with van der Waals surface area (Å²) in [5.41, 5.74) is 0.466. The minimum Gasteiger partial charge on any atom is -0.593 e. The Kier molecular flexibility index (Phi) is 3.49. The quantitative estimate of drug-likeness (QED) is 0.830. The summed E-state index contributed by atoms with van der Waals surface area (Å²) in [6.07, 6.45) is 6.91. The van der Waals surface area contributed by atoms with Crippen LogP contribution in [0.1, 0.15) is 12.0 Å². The normalized spacial score (nSPS) is 30.8. The second-order valence-corrected chi connectivity index (χ2v) is 7.74. The van der Waals surface area contributed by atoms with Crippen molar-refractivity contribution in [3.8, 4) is 5.75 Å². The molecular formula is C15H17N3O4S. The molecule has 0 saturated carbocycles. The van der Waals surface area contributed by atoms with Crippen LogP contribution >= 0.6 is 0 Å². The van der Waals surface area contributed by atoms with Crippen molar-refractivity contribution in [1.29, 1.82) is 0 Å². The lowest BCUT2D eigenvalue weighted by Crippen LogP contribution is -2.54. The number of ether oxygens (including phenoxy) is 1. The van der Waals surface area contributed by atoms with Gasteiger partial charge in [-0.05, 0) is 12.5 Å². The Bertz CT molecular complexity index is 751. The first-order chi connectivity index (χ1) is 11.1. The number of furan rings is 1. The molecule has 2 aromatic heterocycles. The van der Waals surface area contributed by atoms with Gasteiger partial charge in [0.1, 0.15) is 12.1 Å². The van der Waals surface area contributed by atoms with Crippen LogP contribution in [0.4, 0.5) is 0 Å². The molecule has 2 atom stereocenters. The monoisotopic (exact) mass is 335 g/mol. The highest BCUT2D eigenvalue weighted by atomic mass is 32.3. The Hall–Kier alpha value is -1.74. The maximum absolute atomic E-state index is 12.6. The Morgan fingerprint density at radius 2 is 2.39 bits per heavy atom. The minimum atomic E-state index is -3.64. The standard InChI is InChI=1S/C15H17N3O4S/c19-23(20)14-7-16-4-1-13(14)22-11-15(17-23)3-5-18(10-15)8-12-2-6-21-9-12/h1-2,4,6-7,9H,3,5,8,10-11H2,(H-,17,19,20). The van der Waals surface area contributed by atoms with Crippen LogP contribution in [-0.4, -0.2) is 39.7 Å².